The molecule has 0 saturated carbocycles. The summed E-state index contributed by atoms with van der Waals surface area (Å²) in [5.74, 6) is 0. The van der Waals surface area contributed by atoms with Gasteiger partial charge in [-0.1, -0.05) is 12.7 Å². The lowest BCUT2D eigenvalue weighted by Gasteiger charge is -1.75. The molecule has 0 fully saturated rings. The van der Waals surface area contributed by atoms with Gasteiger partial charge in [0.1, 0.15) is 0 Å². The first kappa shape index (κ1) is 5.14. The van der Waals surface area contributed by atoms with Crippen molar-refractivity contribution in [2.75, 3.05) is 0 Å². The maximum Gasteiger partial charge on any atom is 0.0197 e. The molecule has 0 radical (unpaired) electrons. The highest BCUT2D eigenvalue weighted by Crippen LogP contribution is 2.29. The number of hydrogen-bond donors (Lipinski definition) is 0. The van der Waals surface area contributed by atoms with Gasteiger partial charge in [0, 0.05) is 5.57 Å². The van der Waals surface area contributed by atoms with Gasteiger partial charge in [0.05, 0.1) is 0 Å². The average molecular weight is 104 g/mol. The van der Waals surface area contributed by atoms with E-state index >= 15 is 0 Å². The molecule has 0 heterocycles. The van der Waals surface area contributed by atoms with Crippen LogP contribution in [0.2, 0.25) is 0 Å². The van der Waals surface area contributed by atoms with Crippen molar-refractivity contribution < 1.29 is 0 Å². The lowest BCUT2D eigenvalue weighted by atomic mass is 10.3. The highest BCUT2D eigenvalue weighted by molar-refractivity contribution is 5.57. The van der Waals surface area contributed by atoms with E-state index in [1.54, 1.807) is 0 Å². The van der Waals surface area contributed by atoms with Gasteiger partial charge in [-0.3, -0.25) is 0 Å². The highest BCUT2D eigenvalue weighted by Gasteiger charge is 2.11. The lowest BCUT2D eigenvalue weighted by Crippen LogP contribution is -1.56. The normalized spacial score (nSPS) is 14.5. The van der Waals surface area contributed by atoms with Crippen molar-refractivity contribution in [3.05, 3.63) is 42.2 Å². The Hall–Kier alpha value is -1.00. The standard InChI is InChI=1S/C8H8/c1-3-5-8-6-7(8)4-2/h3,6H,1-2,5H2. The largest absolute Gasteiger partial charge is 0.120 e. The summed E-state index contributed by atoms with van der Waals surface area (Å²) in [6.07, 6.45) is 4.92. The number of rotatable bonds is 2. The Kier molecular flexibility index (Phi) is 1.19. The minimum Gasteiger partial charge on any atom is -0.120 e. The first-order chi connectivity index (χ1) is 3.88. The Morgan fingerprint density at radius 3 is 2.88 bits per heavy atom. The summed E-state index contributed by atoms with van der Waals surface area (Å²) in [5.41, 5.74) is 5.30. The van der Waals surface area contributed by atoms with Crippen molar-refractivity contribution in [2.45, 2.75) is 6.42 Å². The third-order valence-corrected chi connectivity index (χ3v) is 1.14. The minimum absolute atomic E-state index is 0.970. The van der Waals surface area contributed by atoms with Gasteiger partial charge < -0.3 is 0 Å². The van der Waals surface area contributed by atoms with E-state index in [0.29, 0.717) is 0 Å². The van der Waals surface area contributed by atoms with Crippen LogP contribution in [0, 0.1) is 0 Å². The van der Waals surface area contributed by atoms with Crippen LogP contribution in [-0.2, 0) is 0 Å². The summed E-state index contributed by atoms with van der Waals surface area (Å²) in [4.78, 5) is 0. The average Bonchev–Trinajstić information content (AvgIpc) is 2.48. The number of allylic oxidation sites excluding steroid dienone is 4. The van der Waals surface area contributed by atoms with Crippen LogP contribution < -0.4 is 0 Å². The fourth-order valence-electron chi connectivity index (χ4n) is 0.627. The summed E-state index contributed by atoms with van der Waals surface area (Å²) in [7, 11) is 0. The van der Waals surface area contributed by atoms with E-state index in [-0.39, 0.29) is 0 Å². The Bertz CT molecular complexity index is 188. The van der Waals surface area contributed by atoms with E-state index in [4.69, 9.17) is 0 Å². The van der Waals surface area contributed by atoms with E-state index in [1.165, 1.54) is 11.1 Å². The van der Waals surface area contributed by atoms with Gasteiger partial charge in [-0.25, -0.2) is 0 Å². The van der Waals surface area contributed by atoms with Gasteiger partial charge in [0.15, 0.2) is 0 Å². The Labute approximate surface area is 49.5 Å². The van der Waals surface area contributed by atoms with Crippen molar-refractivity contribution in [1.29, 1.82) is 0 Å². The quantitative estimate of drug-likeness (QED) is 0.372. The van der Waals surface area contributed by atoms with Crippen LogP contribution in [-0.4, -0.2) is 0 Å². The molecule has 0 saturated heterocycles. The van der Waals surface area contributed by atoms with Gasteiger partial charge in [-0.2, -0.15) is 0 Å². The Balaban J connectivity index is 2.46. The molecule has 0 aliphatic heterocycles. The van der Waals surface area contributed by atoms with Crippen molar-refractivity contribution >= 4 is 0 Å². The van der Waals surface area contributed by atoms with Crippen LogP contribution in [0.3, 0.4) is 0 Å². The zero-order valence-electron chi connectivity index (χ0n) is 4.78. The third-order valence-electron chi connectivity index (χ3n) is 1.14. The van der Waals surface area contributed by atoms with Crippen molar-refractivity contribution in [1.82, 2.24) is 0 Å². The molecular formula is C8H8. The molecule has 0 N–H and O–H groups in total. The molecule has 0 spiro atoms. The molecule has 0 heteroatoms. The Morgan fingerprint density at radius 1 is 1.75 bits per heavy atom. The van der Waals surface area contributed by atoms with Crippen molar-refractivity contribution in [3.8, 4) is 0 Å². The monoisotopic (exact) mass is 104 g/mol. The zero-order chi connectivity index (χ0) is 5.98. The van der Waals surface area contributed by atoms with Crippen LogP contribution in [0.4, 0.5) is 0 Å². The predicted octanol–water partition coefficient (Wildman–Crippen LogP) is 2.21. The smallest absolute Gasteiger partial charge is 0.0197 e. The van der Waals surface area contributed by atoms with E-state index in [2.05, 4.69) is 25.0 Å². The third kappa shape index (κ3) is 0.800. The highest BCUT2D eigenvalue weighted by atomic mass is 14.1. The molecule has 0 nitrogen and oxygen atoms in total. The maximum atomic E-state index is 3.61. The molecule has 0 aromatic carbocycles. The van der Waals surface area contributed by atoms with E-state index in [1.807, 2.05) is 6.08 Å². The molecular weight excluding hydrogens is 96.1 g/mol. The maximum absolute atomic E-state index is 3.61. The molecule has 0 amide bonds. The van der Waals surface area contributed by atoms with Crippen LogP contribution in [0.5, 0.6) is 0 Å². The fraction of sp³-hybridized carbons (Fsp3) is 0.125. The molecule has 0 unspecified atom stereocenters. The van der Waals surface area contributed by atoms with Gasteiger partial charge >= 0.3 is 0 Å². The predicted molar refractivity (Wildman–Crippen MR) is 35.5 cm³/mol. The molecule has 0 bridgehead atoms. The summed E-state index contributed by atoms with van der Waals surface area (Å²) in [6.45, 7) is 7.11. The molecule has 1 rings (SSSR count). The molecule has 0 aromatic heterocycles. The summed E-state index contributed by atoms with van der Waals surface area (Å²) in [6, 6.07) is 0. The van der Waals surface area contributed by atoms with E-state index in [0.717, 1.165) is 6.42 Å². The van der Waals surface area contributed by atoms with Gasteiger partial charge in [0.25, 0.3) is 0 Å². The minimum atomic E-state index is 0.970. The van der Waals surface area contributed by atoms with E-state index in [9.17, 15) is 0 Å². The second kappa shape index (κ2) is 1.85. The van der Waals surface area contributed by atoms with Crippen LogP contribution in [0.15, 0.2) is 42.2 Å². The molecule has 1 aliphatic carbocycles. The van der Waals surface area contributed by atoms with Crippen LogP contribution in [0.25, 0.3) is 0 Å². The Morgan fingerprint density at radius 2 is 2.50 bits per heavy atom. The van der Waals surface area contributed by atoms with E-state index < -0.39 is 0 Å². The molecule has 40 valence electrons. The summed E-state index contributed by atoms with van der Waals surface area (Å²) < 4.78 is 0. The van der Waals surface area contributed by atoms with Gasteiger partial charge in [-0.15, -0.1) is 12.3 Å². The first-order valence-corrected chi connectivity index (χ1v) is 2.60. The molecule has 1 aliphatic rings. The van der Waals surface area contributed by atoms with Crippen molar-refractivity contribution in [3.63, 3.8) is 0 Å². The van der Waals surface area contributed by atoms with Gasteiger partial charge in [-0.05, 0) is 18.1 Å². The second-order valence-corrected chi connectivity index (χ2v) is 1.75. The molecule has 0 atom stereocenters. The number of hydrogen-bond acceptors (Lipinski definition) is 0. The first-order valence-electron chi connectivity index (χ1n) is 2.60. The lowest BCUT2D eigenvalue weighted by molar-refractivity contribution is 1.36. The summed E-state index contributed by atoms with van der Waals surface area (Å²) in [5, 5.41) is 0. The molecule has 8 heavy (non-hydrogen) atoms. The molecule has 0 aromatic rings. The topological polar surface area (TPSA) is 0 Å². The van der Waals surface area contributed by atoms with Crippen LogP contribution in [0.1, 0.15) is 6.42 Å². The van der Waals surface area contributed by atoms with Gasteiger partial charge in [0.2, 0.25) is 0 Å². The zero-order valence-corrected chi connectivity index (χ0v) is 4.78. The fourth-order valence-corrected chi connectivity index (χ4v) is 0.627. The second-order valence-electron chi connectivity index (χ2n) is 1.75. The van der Waals surface area contributed by atoms with Crippen LogP contribution >= 0.6 is 0 Å². The summed E-state index contributed by atoms with van der Waals surface area (Å²) >= 11 is 0. The van der Waals surface area contributed by atoms with Crippen molar-refractivity contribution in [2.24, 2.45) is 0 Å². The SMILES string of the molecule is C=C=C1C=C1CC=C.